The molecule has 0 fully saturated rings. The lowest BCUT2D eigenvalue weighted by molar-refractivity contribution is -0.130. The topological polar surface area (TPSA) is 55.8 Å². The Kier molecular flexibility index (Phi) is 4.61. The van der Waals surface area contributed by atoms with E-state index in [1.807, 2.05) is 30.3 Å². The van der Waals surface area contributed by atoms with Gasteiger partial charge in [-0.05, 0) is 29.3 Å². The zero-order chi connectivity index (χ0) is 15.2. The van der Waals surface area contributed by atoms with Crippen molar-refractivity contribution in [2.24, 2.45) is 0 Å². The molecular weight excluding hydrogens is 268 g/mol. The van der Waals surface area contributed by atoms with Crippen molar-refractivity contribution in [1.82, 2.24) is 0 Å². The highest BCUT2D eigenvalue weighted by Gasteiger charge is 2.13. The van der Waals surface area contributed by atoms with Crippen LogP contribution in [0.5, 0.6) is 11.5 Å². The Morgan fingerprint density at radius 1 is 1.00 bits per heavy atom. The number of hydrogen-bond donors (Lipinski definition) is 1. The van der Waals surface area contributed by atoms with Crippen molar-refractivity contribution in [3.63, 3.8) is 0 Å². The molecule has 0 aromatic heterocycles. The van der Waals surface area contributed by atoms with Crippen molar-refractivity contribution < 1.29 is 19.4 Å². The molecule has 108 valence electrons. The Labute approximate surface area is 123 Å². The molecule has 2 rings (SSSR count). The third kappa shape index (κ3) is 3.42. The summed E-state index contributed by atoms with van der Waals surface area (Å²) in [5, 5.41) is 9.44. The van der Waals surface area contributed by atoms with Crippen molar-refractivity contribution in [3.8, 4) is 11.5 Å². The van der Waals surface area contributed by atoms with E-state index in [0.29, 0.717) is 17.1 Å². The summed E-state index contributed by atoms with van der Waals surface area (Å²) in [4.78, 5) is 11.5. The molecule has 4 heteroatoms. The van der Waals surface area contributed by atoms with Gasteiger partial charge < -0.3 is 14.6 Å². The summed E-state index contributed by atoms with van der Waals surface area (Å²) in [5.41, 5.74) is 1.58. The van der Waals surface area contributed by atoms with Crippen molar-refractivity contribution in [3.05, 3.63) is 59.7 Å². The Balaban J connectivity index is 2.49. The van der Waals surface area contributed by atoms with Gasteiger partial charge in [0, 0.05) is 0 Å². The van der Waals surface area contributed by atoms with Gasteiger partial charge in [-0.3, -0.25) is 0 Å². The number of hydrogen-bond acceptors (Lipinski definition) is 3. The molecule has 0 atom stereocenters. The van der Waals surface area contributed by atoms with Crippen molar-refractivity contribution in [2.75, 3.05) is 14.2 Å². The van der Waals surface area contributed by atoms with Crippen LogP contribution in [0.15, 0.2) is 48.5 Å². The standard InChI is InChI=1S/C17H16O4/c1-20-15-9-8-13(11-16(15)21-2)14(17(18)19)10-12-6-4-3-5-7-12/h3-11H,1-2H3,(H,18,19). The monoisotopic (exact) mass is 284 g/mol. The van der Waals surface area contributed by atoms with Crippen molar-refractivity contribution in [1.29, 1.82) is 0 Å². The van der Waals surface area contributed by atoms with Crippen LogP contribution in [0.2, 0.25) is 0 Å². The Bertz CT molecular complexity index is 660. The van der Waals surface area contributed by atoms with Gasteiger partial charge >= 0.3 is 5.97 Å². The van der Waals surface area contributed by atoms with Crippen LogP contribution in [-0.2, 0) is 4.79 Å². The van der Waals surface area contributed by atoms with Crippen LogP contribution in [0.25, 0.3) is 11.6 Å². The van der Waals surface area contributed by atoms with Crippen LogP contribution >= 0.6 is 0 Å². The van der Waals surface area contributed by atoms with Crippen LogP contribution in [0.1, 0.15) is 11.1 Å². The first kappa shape index (κ1) is 14.7. The number of carboxylic acids is 1. The maximum atomic E-state index is 11.5. The molecule has 0 amide bonds. The molecule has 2 aromatic carbocycles. The summed E-state index contributed by atoms with van der Waals surface area (Å²) < 4.78 is 10.4. The van der Waals surface area contributed by atoms with Crippen LogP contribution in [0.3, 0.4) is 0 Å². The number of ether oxygens (including phenoxy) is 2. The van der Waals surface area contributed by atoms with E-state index < -0.39 is 5.97 Å². The average molecular weight is 284 g/mol. The van der Waals surface area contributed by atoms with Gasteiger partial charge in [-0.1, -0.05) is 36.4 Å². The fraction of sp³-hybridized carbons (Fsp3) is 0.118. The number of aliphatic carboxylic acids is 1. The minimum atomic E-state index is -0.994. The minimum Gasteiger partial charge on any atom is -0.493 e. The van der Waals surface area contributed by atoms with Crippen LogP contribution < -0.4 is 9.47 Å². The van der Waals surface area contributed by atoms with E-state index in [-0.39, 0.29) is 5.57 Å². The lowest BCUT2D eigenvalue weighted by Gasteiger charge is -2.10. The predicted octanol–water partition coefficient (Wildman–Crippen LogP) is 3.33. The number of benzene rings is 2. The van der Waals surface area contributed by atoms with Gasteiger partial charge in [0.25, 0.3) is 0 Å². The van der Waals surface area contributed by atoms with E-state index in [1.54, 1.807) is 24.3 Å². The molecule has 21 heavy (non-hydrogen) atoms. The first-order valence-corrected chi connectivity index (χ1v) is 6.38. The quantitative estimate of drug-likeness (QED) is 0.676. The number of carboxylic acid groups (broad SMARTS) is 1. The van der Waals surface area contributed by atoms with Crippen molar-refractivity contribution in [2.45, 2.75) is 0 Å². The van der Waals surface area contributed by atoms with Gasteiger partial charge in [0.1, 0.15) is 0 Å². The Hall–Kier alpha value is -2.75. The molecule has 0 aliphatic rings. The predicted molar refractivity (Wildman–Crippen MR) is 81.5 cm³/mol. The molecule has 0 aliphatic carbocycles. The van der Waals surface area contributed by atoms with Gasteiger partial charge in [-0.25, -0.2) is 4.79 Å². The lowest BCUT2D eigenvalue weighted by atomic mass is 10.0. The SMILES string of the molecule is COc1ccc(C(=Cc2ccccc2)C(=O)O)cc1OC. The molecule has 0 unspecified atom stereocenters. The summed E-state index contributed by atoms with van der Waals surface area (Å²) in [6.07, 6.45) is 1.63. The van der Waals surface area contributed by atoms with Gasteiger partial charge in [0.15, 0.2) is 11.5 Å². The van der Waals surface area contributed by atoms with E-state index in [0.717, 1.165) is 5.56 Å². The number of rotatable bonds is 5. The molecule has 0 bridgehead atoms. The van der Waals surface area contributed by atoms with Crippen molar-refractivity contribution >= 4 is 17.6 Å². The molecule has 0 aliphatic heterocycles. The molecule has 0 radical (unpaired) electrons. The first-order valence-electron chi connectivity index (χ1n) is 6.38. The molecule has 0 saturated heterocycles. The first-order chi connectivity index (χ1) is 10.2. The largest absolute Gasteiger partial charge is 0.493 e. The van der Waals surface area contributed by atoms with E-state index in [2.05, 4.69) is 0 Å². The summed E-state index contributed by atoms with van der Waals surface area (Å²) >= 11 is 0. The zero-order valence-corrected chi connectivity index (χ0v) is 11.9. The normalized spacial score (nSPS) is 11.0. The van der Waals surface area contributed by atoms with Gasteiger partial charge in [0.2, 0.25) is 0 Å². The lowest BCUT2D eigenvalue weighted by Crippen LogP contribution is -2.01. The maximum absolute atomic E-state index is 11.5. The highest BCUT2D eigenvalue weighted by Crippen LogP contribution is 2.31. The van der Waals surface area contributed by atoms with Gasteiger partial charge in [-0.2, -0.15) is 0 Å². The fourth-order valence-corrected chi connectivity index (χ4v) is 1.99. The van der Waals surface area contributed by atoms with E-state index in [4.69, 9.17) is 9.47 Å². The highest BCUT2D eigenvalue weighted by atomic mass is 16.5. The summed E-state index contributed by atoms with van der Waals surface area (Å²) in [6, 6.07) is 14.4. The summed E-state index contributed by atoms with van der Waals surface area (Å²) in [6.45, 7) is 0. The molecule has 1 N–H and O–H groups in total. The highest BCUT2D eigenvalue weighted by molar-refractivity contribution is 6.20. The second-order valence-electron chi connectivity index (χ2n) is 4.34. The summed E-state index contributed by atoms with van der Waals surface area (Å²) in [7, 11) is 3.05. The van der Waals surface area contributed by atoms with E-state index in [9.17, 15) is 9.90 Å². The minimum absolute atomic E-state index is 0.196. The van der Waals surface area contributed by atoms with Crippen LogP contribution in [0.4, 0.5) is 0 Å². The molecule has 0 heterocycles. The zero-order valence-electron chi connectivity index (χ0n) is 11.9. The molecular formula is C17H16O4. The second kappa shape index (κ2) is 6.61. The molecule has 0 saturated carbocycles. The third-order valence-corrected chi connectivity index (χ3v) is 3.04. The van der Waals surface area contributed by atoms with E-state index >= 15 is 0 Å². The van der Waals surface area contributed by atoms with Gasteiger partial charge in [-0.15, -0.1) is 0 Å². The molecule has 4 nitrogen and oxygen atoms in total. The molecule has 0 spiro atoms. The maximum Gasteiger partial charge on any atom is 0.336 e. The smallest absolute Gasteiger partial charge is 0.336 e. The van der Waals surface area contributed by atoms with Crippen LogP contribution in [0, 0.1) is 0 Å². The van der Waals surface area contributed by atoms with Crippen LogP contribution in [-0.4, -0.2) is 25.3 Å². The number of carbonyl (C=O) groups is 1. The summed E-state index contributed by atoms with van der Waals surface area (Å²) in [5.74, 6) is 0.0620. The third-order valence-electron chi connectivity index (χ3n) is 3.04. The average Bonchev–Trinajstić information content (AvgIpc) is 2.52. The van der Waals surface area contributed by atoms with Gasteiger partial charge in [0.05, 0.1) is 19.8 Å². The Morgan fingerprint density at radius 3 is 2.24 bits per heavy atom. The second-order valence-corrected chi connectivity index (χ2v) is 4.34. The number of methoxy groups -OCH3 is 2. The Morgan fingerprint density at radius 2 is 1.67 bits per heavy atom. The molecule has 2 aromatic rings. The fourth-order valence-electron chi connectivity index (χ4n) is 1.99. The van der Waals surface area contributed by atoms with E-state index in [1.165, 1.54) is 14.2 Å².